The predicted octanol–water partition coefficient (Wildman–Crippen LogP) is 3.41. The van der Waals surface area contributed by atoms with Crippen LogP contribution < -0.4 is 20.9 Å². The summed E-state index contributed by atoms with van der Waals surface area (Å²) >= 11 is 0. The Hall–Kier alpha value is -3.16. The van der Waals surface area contributed by atoms with Crippen LogP contribution in [0.15, 0.2) is 36.4 Å². The number of nitrogen functional groups attached to an aromatic ring is 2. The van der Waals surface area contributed by atoms with E-state index >= 15 is 0 Å². The molecule has 1 rings (SSSR count). The topological polar surface area (TPSA) is 123 Å². The van der Waals surface area contributed by atoms with Crippen molar-refractivity contribution >= 4 is 23.3 Å². The Labute approximate surface area is 177 Å². The van der Waals surface area contributed by atoms with Crippen molar-refractivity contribution in [2.45, 2.75) is 39.5 Å². The smallest absolute Gasteiger partial charge is 0.333 e. The molecule has 0 spiro atoms. The van der Waals surface area contributed by atoms with Gasteiger partial charge in [0.25, 0.3) is 0 Å². The van der Waals surface area contributed by atoms with Crippen LogP contribution in [0, 0.1) is 0 Å². The molecule has 30 heavy (non-hydrogen) atoms. The van der Waals surface area contributed by atoms with Crippen molar-refractivity contribution in [1.82, 2.24) is 0 Å². The SMILES string of the molecule is C=C(C)C(=O)OCCCCOc1cc(N)c(OCCCCOC(=O)C(=C)C)cc1N. The highest BCUT2D eigenvalue weighted by Gasteiger charge is 2.09. The molecule has 0 unspecified atom stereocenters. The molecular formula is C22H32N2O6. The maximum Gasteiger partial charge on any atom is 0.333 e. The Balaban J connectivity index is 2.30. The molecule has 0 atom stereocenters. The summed E-state index contributed by atoms with van der Waals surface area (Å²) in [5.41, 5.74) is 13.6. The van der Waals surface area contributed by atoms with Gasteiger partial charge in [-0.25, -0.2) is 9.59 Å². The fourth-order valence-electron chi connectivity index (χ4n) is 2.19. The van der Waals surface area contributed by atoms with Crippen LogP contribution in [-0.2, 0) is 19.1 Å². The van der Waals surface area contributed by atoms with E-state index < -0.39 is 11.9 Å². The molecule has 8 heteroatoms. The van der Waals surface area contributed by atoms with Crippen molar-refractivity contribution in [2.75, 3.05) is 37.9 Å². The summed E-state index contributed by atoms with van der Waals surface area (Å²) in [4.78, 5) is 22.5. The Kier molecular flexibility index (Phi) is 10.9. The molecular weight excluding hydrogens is 388 g/mol. The number of carbonyl (C=O) groups is 2. The third kappa shape index (κ3) is 9.36. The first-order valence-corrected chi connectivity index (χ1v) is 9.82. The number of hydrogen-bond acceptors (Lipinski definition) is 8. The van der Waals surface area contributed by atoms with Gasteiger partial charge in [-0.1, -0.05) is 13.2 Å². The second-order valence-electron chi connectivity index (χ2n) is 6.87. The summed E-state index contributed by atoms with van der Waals surface area (Å²) in [5, 5.41) is 0. The zero-order valence-electron chi connectivity index (χ0n) is 17.8. The second-order valence-corrected chi connectivity index (χ2v) is 6.87. The molecule has 0 saturated heterocycles. The lowest BCUT2D eigenvalue weighted by atomic mass is 10.2. The van der Waals surface area contributed by atoms with Gasteiger partial charge in [-0.15, -0.1) is 0 Å². The summed E-state index contributed by atoms with van der Waals surface area (Å²) in [6.07, 6.45) is 2.71. The van der Waals surface area contributed by atoms with Gasteiger partial charge in [0.1, 0.15) is 11.5 Å². The molecule has 0 aliphatic carbocycles. The van der Waals surface area contributed by atoms with Gasteiger partial charge in [-0.2, -0.15) is 0 Å². The summed E-state index contributed by atoms with van der Waals surface area (Å²) in [7, 11) is 0. The minimum atomic E-state index is -0.392. The van der Waals surface area contributed by atoms with Gasteiger partial charge in [-0.05, 0) is 39.5 Å². The van der Waals surface area contributed by atoms with E-state index in [1.165, 1.54) is 0 Å². The highest BCUT2D eigenvalue weighted by Crippen LogP contribution is 2.33. The molecule has 1 aromatic rings. The van der Waals surface area contributed by atoms with E-state index in [0.29, 0.717) is 86.1 Å². The Morgan fingerprint density at radius 2 is 1.07 bits per heavy atom. The maximum absolute atomic E-state index is 11.3. The van der Waals surface area contributed by atoms with Gasteiger partial charge < -0.3 is 30.4 Å². The van der Waals surface area contributed by atoms with E-state index in [9.17, 15) is 9.59 Å². The summed E-state index contributed by atoms with van der Waals surface area (Å²) in [5.74, 6) is 0.170. The van der Waals surface area contributed by atoms with Crippen LogP contribution in [0.2, 0.25) is 0 Å². The number of hydrogen-bond donors (Lipinski definition) is 2. The molecule has 0 aliphatic heterocycles. The van der Waals surface area contributed by atoms with Crippen molar-refractivity contribution in [1.29, 1.82) is 0 Å². The van der Waals surface area contributed by atoms with Crippen molar-refractivity contribution in [2.24, 2.45) is 0 Å². The lowest BCUT2D eigenvalue weighted by molar-refractivity contribution is -0.139. The van der Waals surface area contributed by atoms with Gasteiger partial charge in [0.2, 0.25) is 0 Å². The first-order valence-electron chi connectivity index (χ1n) is 9.82. The van der Waals surface area contributed by atoms with Gasteiger partial charge in [-0.3, -0.25) is 0 Å². The van der Waals surface area contributed by atoms with Crippen molar-refractivity contribution < 1.29 is 28.5 Å². The average molecular weight is 421 g/mol. The predicted molar refractivity (Wildman–Crippen MR) is 116 cm³/mol. The zero-order chi connectivity index (χ0) is 22.5. The minimum absolute atomic E-state index is 0.311. The van der Waals surface area contributed by atoms with Crippen LogP contribution in [0.4, 0.5) is 11.4 Å². The minimum Gasteiger partial charge on any atom is -0.491 e. The van der Waals surface area contributed by atoms with Crippen LogP contribution in [0.5, 0.6) is 11.5 Å². The zero-order valence-corrected chi connectivity index (χ0v) is 17.8. The monoisotopic (exact) mass is 420 g/mol. The van der Waals surface area contributed by atoms with Gasteiger partial charge >= 0.3 is 11.9 Å². The molecule has 0 bridgehead atoms. The second kappa shape index (κ2) is 13.1. The normalized spacial score (nSPS) is 10.2. The molecule has 0 aromatic heterocycles. The number of rotatable bonds is 14. The summed E-state index contributed by atoms with van der Waals surface area (Å²) < 4.78 is 21.3. The van der Waals surface area contributed by atoms with Crippen LogP contribution in [0.25, 0.3) is 0 Å². The fraction of sp³-hybridized carbons (Fsp3) is 0.455. The standard InChI is InChI=1S/C22H32N2O6/c1-15(2)21(25)29-11-7-5-9-27-19-13-18(24)20(14-17(19)23)28-10-6-8-12-30-22(26)16(3)4/h13-14H,1,3,5-12,23-24H2,2,4H3. The van der Waals surface area contributed by atoms with E-state index in [1.54, 1.807) is 26.0 Å². The van der Waals surface area contributed by atoms with Crippen molar-refractivity contribution in [3.63, 3.8) is 0 Å². The molecule has 8 nitrogen and oxygen atoms in total. The summed E-state index contributed by atoms with van der Waals surface area (Å²) in [6, 6.07) is 3.25. The van der Waals surface area contributed by atoms with Crippen LogP contribution >= 0.6 is 0 Å². The number of anilines is 2. The van der Waals surface area contributed by atoms with Crippen LogP contribution in [0.3, 0.4) is 0 Å². The largest absolute Gasteiger partial charge is 0.491 e. The number of carbonyl (C=O) groups excluding carboxylic acids is 2. The molecule has 0 heterocycles. The van der Waals surface area contributed by atoms with Crippen LogP contribution in [0.1, 0.15) is 39.5 Å². The Morgan fingerprint density at radius 1 is 0.733 bits per heavy atom. The van der Waals surface area contributed by atoms with Crippen molar-refractivity contribution in [3.8, 4) is 11.5 Å². The fourth-order valence-corrected chi connectivity index (χ4v) is 2.19. The number of ether oxygens (including phenoxy) is 4. The van der Waals surface area contributed by atoms with E-state index in [1.807, 2.05) is 0 Å². The quantitative estimate of drug-likeness (QED) is 0.203. The highest BCUT2D eigenvalue weighted by molar-refractivity contribution is 5.87. The third-order valence-corrected chi connectivity index (χ3v) is 3.90. The molecule has 0 radical (unpaired) electrons. The highest BCUT2D eigenvalue weighted by atomic mass is 16.5. The van der Waals surface area contributed by atoms with Crippen molar-refractivity contribution in [3.05, 3.63) is 36.4 Å². The van der Waals surface area contributed by atoms with E-state index in [4.69, 9.17) is 30.4 Å². The number of benzene rings is 1. The Morgan fingerprint density at radius 3 is 1.40 bits per heavy atom. The molecule has 0 fully saturated rings. The molecule has 166 valence electrons. The maximum atomic E-state index is 11.3. The Bertz CT molecular complexity index is 696. The lowest BCUT2D eigenvalue weighted by Gasteiger charge is -2.14. The van der Waals surface area contributed by atoms with E-state index in [2.05, 4.69) is 13.2 Å². The first-order chi connectivity index (χ1) is 14.2. The number of esters is 2. The molecule has 0 amide bonds. The lowest BCUT2D eigenvalue weighted by Crippen LogP contribution is -2.09. The molecule has 0 saturated carbocycles. The average Bonchev–Trinajstić information content (AvgIpc) is 2.69. The van der Waals surface area contributed by atoms with E-state index in [0.717, 1.165) is 0 Å². The molecule has 4 N–H and O–H groups in total. The molecule has 0 aliphatic rings. The first kappa shape index (κ1) is 24.9. The number of nitrogens with two attached hydrogens (primary N) is 2. The number of unbranched alkanes of at least 4 members (excludes halogenated alkanes) is 2. The summed E-state index contributed by atoms with van der Waals surface area (Å²) in [6.45, 7) is 11.7. The van der Waals surface area contributed by atoms with Gasteiger partial charge in [0.15, 0.2) is 0 Å². The molecule has 1 aromatic carbocycles. The van der Waals surface area contributed by atoms with Crippen LogP contribution in [-0.4, -0.2) is 38.4 Å². The van der Waals surface area contributed by atoms with Gasteiger partial charge in [0, 0.05) is 23.3 Å². The third-order valence-electron chi connectivity index (χ3n) is 3.90. The van der Waals surface area contributed by atoms with E-state index in [-0.39, 0.29) is 0 Å². The van der Waals surface area contributed by atoms with Gasteiger partial charge in [0.05, 0.1) is 37.8 Å².